The molecular weight excluding hydrogens is 494 g/mol. The van der Waals surface area contributed by atoms with Gasteiger partial charge in [0, 0.05) is 17.8 Å². The summed E-state index contributed by atoms with van der Waals surface area (Å²) in [6.07, 6.45) is 1.89. The molecule has 0 amide bonds. The van der Waals surface area contributed by atoms with E-state index in [1.54, 1.807) is 50.1 Å². The van der Waals surface area contributed by atoms with Crippen LogP contribution in [0.25, 0.3) is 0 Å². The molecule has 0 saturated carbocycles. The molecule has 0 saturated heterocycles. The lowest BCUT2D eigenvalue weighted by atomic mass is 10.1. The van der Waals surface area contributed by atoms with E-state index in [0.717, 1.165) is 16.8 Å². The van der Waals surface area contributed by atoms with E-state index in [9.17, 15) is 13.2 Å². The van der Waals surface area contributed by atoms with E-state index in [0.29, 0.717) is 42.3 Å². The number of rotatable bonds is 13. The highest BCUT2D eigenvalue weighted by atomic mass is 32.2. The maximum Gasteiger partial charge on any atom is 0.307 e. The minimum Gasteiger partial charge on any atom is -0.493 e. The van der Waals surface area contributed by atoms with Gasteiger partial charge in [0.1, 0.15) is 5.37 Å². The molecule has 0 spiro atoms. The third-order valence-electron chi connectivity index (χ3n) is 6.20. The van der Waals surface area contributed by atoms with E-state index in [2.05, 4.69) is 17.0 Å². The molecule has 0 bridgehead atoms. The number of nitrogens with zero attached hydrogens (tertiary/aromatic N) is 2. The van der Waals surface area contributed by atoms with Crippen molar-refractivity contribution < 1.29 is 27.8 Å². The largest absolute Gasteiger partial charge is 0.493 e. The zero-order chi connectivity index (χ0) is 27.2. The maximum atomic E-state index is 13.2. The van der Waals surface area contributed by atoms with Gasteiger partial charge in [0.05, 0.1) is 37.8 Å². The van der Waals surface area contributed by atoms with E-state index in [-0.39, 0.29) is 11.3 Å². The van der Waals surface area contributed by atoms with Gasteiger partial charge in [-0.1, -0.05) is 24.3 Å². The summed E-state index contributed by atoms with van der Waals surface area (Å²) in [4.78, 5) is 11.3. The first-order valence-electron chi connectivity index (χ1n) is 11.7. The molecule has 0 aliphatic carbocycles. The van der Waals surface area contributed by atoms with Crippen LogP contribution in [0.3, 0.4) is 0 Å². The molecule has 0 fully saturated rings. The molecule has 0 aliphatic rings. The van der Waals surface area contributed by atoms with Crippen LogP contribution in [-0.4, -0.2) is 55.4 Å². The fourth-order valence-electron chi connectivity index (χ4n) is 4.11. The maximum absolute atomic E-state index is 13.2. The fraction of sp³-hybridized carbons (Fsp3) is 0.333. The summed E-state index contributed by atoms with van der Waals surface area (Å²) >= 11 is 0. The third-order valence-corrected chi connectivity index (χ3v) is 8.16. The van der Waals surface area contributed by atoms with Gasteiger partial charge in [-0.15, -0.1) is 6.58 Å². The molecular formula is C27H33N3O6S. The van der Waals surface area contributed by atoms with Crippen LogP contribution in [0.5, 0.6) is 11.5 Å². The topological polar surface area (TPSA) is 120 Å². The van der Waals surface area contributed by atoms with Crippen LogP contribution in [0.4, 0.5) is 0 Å². The third kappa shape index (κ3) is 6.58. The summed E-state index contributed by atoms with van der Waals surface area (Å²) in [7, 11) is -0.563. The predicted octanol–water partition coefficient (Wildman–Crippen LogP) is 3.31. The highest BCUT2D eigenvalue weighted by Gasteiger charge is 2.24. The molecule has 0 aliphatic heterocycles. The number of aryl methyl sites for hydroxylation is 1. The van der Waals surface area contributed by atoms with Crippen molar-refractivity contribution in [2.75, 3.05) is 20.8 Å². The molecule has 3 rings (SSSR count). The normalized spacial score (nSPS) is 12.2. The first-order chi connectivity index (χ1) is 17.6. The van der Waals surface area contributed by atoms with Crippen molar-refractivity contribution in [2.45, 2.75) is 43.5 Å². The molecule has 2 N–H and O–H groups in total. The number of aliphatic carboxylic acids is 1. The van der Waals surface area contributed by atoms with Crippen molar-refractivity contribution in [1.29, 1.82) is 0 Å². The second-order valence-corrected chi connectivity index (χ2v) is 10.7. The Morgan fingerprint density at radius 2 is 1.76 bits per heavy atom. The van der Waals surface area contributed by atoms with E-state index in [1.165, 1.54) is 6.08 Å². The minimum absolute atomic E-state index is 0.0865. The van der Waals surface area contributed by atoms with Crippen LogP contribution in [-0.2, 0) is 34.0 Å². The van der Waals surface area contributed by atoms with Gasteiger partial charge in [-0.25, -0.2) is 8.42 Å². The number of methoxy groups -OCH3 is 2. The standard InChI is InChI=1S/C27H33N3O6S/c1-6-26(28-14-13-20-9-12-24(35-4)25(15-20)36-5)37(33,34)22-10-7-21(8-11-22)17-30-19(3)23(16-27(31)32)18(2)29-30/h6-12,15,26,28H,1,13-14,16-17H2,2-5H3,(H,31,32). The monoisotopic (exact) mass is 527 g/mol. The number of ether oxygens (including phenoxy) is 2. The number of carbonyl (C=O) groups is 1. The van der Waals surface area contributed by atoms with Gasteiger partial charge in [-0.2, -0.15) is 5.10 Å². The Labute approximate surface area is 217 Å². The fourth-order valence-corrected chi connectivity index (χ4v) is 5.51. The Morgan fingerprint density at radius 1 is 1.11 bits per heavy atom. The lowest BCUT2D eigenvalue weighted by molar-refractivity contribution is -0.136. The summed E-state index contributed by atoms with van der Waals surface area (Å²) < 4.78 is 38.8. The molecule has 1 atom stereocenters. The smallest absolute Gasteiger partial charge is 0.307 e. The van der Waals surface area contributed by atoms with E-state index in [4.69, 9.17) is 14.6 Å². The second kappa shape index (κ2) is 12.1. The summed E-state index contributed by atoms with van der Waals surface area (Å²) in [6.45, 7) is 8.15. The van der Waals surface area contributed by atoms with Crippen LogP contribution in [0, 0.1) is 13.8 Å². The van der Waals surface area contributed by atoms with E-state index in [1.807, 2.05) is 25.1 Å². The van der Waals surface area contributed by atoms with E-state index < -0.39 is 21.2 Å². The van der Waals surface area contributed by atoms with Gasteiger partial charge in [0.2, 0.25) is 0 Å². The number of aromatic nitrogens is 2. The summed E-state index contributed by atoms with van der Waals surface area (Å²) in [5.41, 5.74) is 3.97. The van der Waals surface area contributed by atoms with Crippen molar-refractivity contribution in [3.63, 3.8) is 0 Å². The molecule has 0 radical (unpaired) electrons. The Bertz CT molecular complexity index is 1360. The molecule has 9 nitrogen and oxygen atoms in total. The number of benzene rings is 2. The van der Waals surface area contributed by atoms with Crippen LogP contribution < -0.4 is 14.8 Å². The van der Waals surface area contributed by atoms with Gasteiger partial charge in [0.25, 0.3) is 0 Å². The number of hydrogen-bond donors (Lipinski definition) is 2. The Morgan fingerprint density at radius 3 is 2.35 bits per heavy atom. The van der Waals surface area contributed by atoms with Crippen molar-refractivity contribution >= 4 is 15.8 Å². The molecule has 1 unspecified atom stereocenters. The number of sulfone groups is 1. The Balaban J connectivity index is 1.67. The number of carboxylic acid groups (broad SMARTS) is 1. The lowest BCUT2D eigenvalue weighted by Gasteiger charge is -2.17. The average Bonchev–Trinajstić information content (AvgIpc) is 3.13. The molecule has 3 aromatic rings. The first kappa shape index (κ1) is 27.9. The second-order valence-electron chi connectivity index (χ2n) is 8.62. The Hall–Kier alpha value is -3.63. The van der Waals surface area contributed by atoms with Crippen LogP contribution in [0.15, 0.2) is 60.0 Å². The molecule has 37 heavy (non-hydrogen) atoms. The van der Waals surface area contributed by atoms with Crippen molar-refractivity contribution in [2.24, 2.45) is 0 Å². The SMILES string of the molecule is C=CC(NCCc1ccc(OC)c(OC)c1)S(=O)(=O)c1ccc(Cn2nc(C)c(CC(=O)O)c2C)cc1. The zero-order valence-electron chi connectivity index (χ0n) is 21.5. The Kier molecular flexibility index (Phi) is 9.12. The van der Waals surface area contributed by atoms with Gasteiger partial charge < -0.3 is 14.6 Å². The summed E-state index contributed by atoms with van der Waals surface area (Å²) in [5.74, 6) is 0.341. The van der Waals surface area contributed by atoms with E-state index >= 15 is 0 Å². The summed E-state index contributed by atoms with van der Waals surface area (Å²) in [6, 6.07) is 12.2. The van der Waals surface area contributed by atoms with Crippen LogP contribution in [0.1, 0.15) is 28.1 Å². The van der Waals surface area contributed by atoms with Gasteiger partial charge in [0.15, 0.2) is 21.3 Å². The number of hydrogen-bond acceptors (Lipinski definition) is 7. The van der Waals surface area contributed by atoms with Crippen LogP contribution in [0.2, 0.25) is 0 Å². The number of nitrogens with one attached hydrogen (secondary N) is 1. The summed E-state index contributed by atoms with van der Waals surface area (Å²) in [5, 5.41) is 15.7. The van der Waals surface area contributed by atoms with Crippen LogP contribution >= 0.6 is 0 Å². The molecule has 1 heterocycles. The van der Waals surface area contributed by atoms with Gasteiger partial charge in [-0.3, -0.25) is 14.8 Å². The quantitative estimate of drug-likeness (QED) is 0.325. The molecule has 10 heteroatoms. The van der Waals surface area contributed by atoms with Gasteiger partial charge in [-0.05, 0) is 55.7 Å². The minimum atomic E-state index is -3.70. The number of carboxylic acids is 1. The van der Waals surface area contributed by atoms with Gasteiger partial charge >= 0.3 is 5.97 Å². The highest BCUT2D eigenvalue weighted by Crippen LogP contribution is 2.27. The predicted molar refractivity (Wildman–Crippen MR) is 141 cm³/mol. The van der Waals surface area contributed by atoms with Crippen molar-refractivity contribution in [3.8, 4) is 11.5 Å². The highest BCUT2D eigenvalue weighted by molar-refractivity contribution is 7.92. The lowest BCUT2D eigenvalue weighted by Crippen LogP contribution is -2.36. The molecule has 1 aromatic heterocycles. The van der Waals surface area contributed by atoms with Crippen molar-refractivity contribution in [1.82, 2.24) is 15.1 Å². The first-order valence-corrected chi connectivity index (χ1v) is 13.3. The average molecular weight is 528 g/mol. The van der Waals surface area contributed by atoms with Crippen molar-refractivity contribution in [3.05, 3.63) is 83.2 Å². The molecule has 198 valence electrons. The molecule has 2 aromatic carbocycles. The zero-order valence-corrected chi connectivity index (χ0v) is 22.3.